The van der Waals surface area contributed by atoms with Crippen LogP contribution in [0.4, 0.5) is 14.5 Å². The number of carbonyl (C=O) groups is 1. The van der Waals surface area contributed by atoms with E-state index in [1.165, 1.54) is 18.5 Å². The van der Waals surface area contributed by atoms with Gasteiger partial charge in [-0.1, -0.05) is 37.5 Å². The number of benzene rings is 1. The van der Waals surface area contributed by atoms with E-state index in [0.717, 1.165) is 32.1 Å². The van der Waals surface area contributed by atoms with E-state index in [1.807, 2.05) is 0 Å². The lowest BCUT2D eigenvalue weighted by Gasteiger charge is -2.20. The van der Waals surface area contributed by atoms with Crippen molar-refractivity contribution in [1.29, 1.82) is 0 Å². The van der Waals surface area contributed by atoms with Gasteiger partial charge in [-0.25, -0.2) is 23.7 Å². The van der Waals surface area contributed by atoms with Gasteiger partial charge in [0.1, 0.15) is 22.8 Å². The summed E-state index contributed by atoms with van der Waals surface area (Å²) >= 11 is 0. The highest BCUT2D eigenvalue weighted by atomic mass is 19.1. The van der Waals surface area contributed by atoms with Crippen LogP contribution in [0.2, 0.25) is 0 Å². The zero-order valence-electron chi connectivity index (χ0n) is 21.8. The van der Waals surface area contributed by atoms with Crippen LogP contribution in [-0.2, 0) is 4.79 Å². The average molecular weight is 551 g/mol. The van der Waals surface area contributed by atoms with Crippen molar-refractivity contribution in [3.05, 3.63) is 72.8 Å². The van der Waals surface area contributed by atoms with Crippen LogP contribution in [0, 0.1) is 17.6 Å². The SMILES string of the molecule is O=C(Nc1cncc(-c2cnc3[nH]nc(-c4nc5c(-c6ccccc6F)ccnc5[nH]4)c3c2F)c1)C1CCCCC1. The largest absolute Gasteiger partial charge is 0.324 e. The summed E-state index contributed by atoms with van der Waals surface area (Å²) in [4.78, 5) is 33.4. The molecule has 1 aliphatic rings. The molecule has 11 heteroatoms. The summed E-state index contributed by atoms with van der Waals surface area (Å²) in [6.07, 6.45) is 11.0. The summed E-state index contributed by atoms with van der Waals surface area (Å²) in [7, 11) is 0. The molecule has 0 atom stereocenters. The molecule has 5 heterocycles. The predicted octanol–water partition coefficient (Wildman–Crippen LogP) is 6.42. The van der Waals surface area contributed by atoms with Gasteiger partial charge in [0.25, 0.3) is 0 Å². The molecule has 3 N–H and O–H groups in total. The molecule has 0 unspecified atom stereocenters. The molecule has 204 valence electrons. The number of nitrogens with zero attached hydrogens (tertiary/aromatic N) is 5. The van der Waals surface area contributed by atoms with Gasteiger partial charge in [-0.15, -0.1) is 0 Å². The van der Waals surface area contributed by atoms with E-state index >= 15 is 4.39 Å². The van der Waals surface area contributed by atoms with Crippen molar-refractivity contribution in [3.8, 4) is 33.8 Å². The minimum atomic E-state index is -0.570. The topological polar surface area (TPSA) is 125 Å². The van der Waals surface area contributed by atoms with E-state index in [2.05, 4.69) is 40.4 Å². The Morgan fingerprint density at radius 1 is 0.927 bits per heavy atom. The quantitative estimate of drug-likeness (QED) is 0.227. The van der Waals surface area contributed by atoms with E-state index < -0.39 is 5.82 Å². The molecule has 9 nitrogen and oxygen atoms in total. The molecule has 6 aromatic rings. The molecule has 0 radical (unpaired) electrons. The Morgan fingerprint density at radius 3 is 2.63 bits per heavy atom. The standard InChI is InChI=1S/C30H24F2N8O/c31-22-9-5-4-8-19(22)20-10-11-34-28-25(20)37-29(38-28)26-23-24(32)21(15-35-27(23)40-39-26)17-12-18(14-33-13-17)36-30(41)16-6-2-1-3-7-16/h4-5,8-16H,1-3,6-7H2,(H,36,41)(H,34,37,38)(H,35,39,40). The van der Waals surface area contributed by atoms with Crippen molar-refractivity contribution in [2.45, 2.75) is 32.1 Å². The van der Waals surface area contributed by atoms with Crippen molar-refractivity contribution >= 4 is 33.8 Å². The Kier molecular flexibility index (Phi) is 6.18. The van der Waals surface area contributed by atoms with Crippen molar-refractivity contribution in [3.63, 3.8) is 0 Å². The number of hydrogen-bond donors (Lipinski definition) is 3. The number of hydrogen-bond acceptors (Lipinski definition) is 6. The van der Waals surface area contributed by atoms with Crippen LogP contribution in [-0.4, -0.2) is 41.0 Å². The Bertz CT molecular complexity index is 1930. The maximum atomic E-state index is 16.2. The molecular formula is C30H24F2N8O. The van der Waals surface area contributed by atoms with E-state index in [4.69, 9.17) is 0 Å². The van der Waals surface area contributed by atoms with E-state index in [1.54, 1.807) is 42.7 Å². The third-order valence-corrected chi connectivity index (χ3v) is 7.59. The van der Waals surface area contributed by atoms with Gasteiger partial charge in [0.15, 0.2) is 17.1 Å². The van der Waals surface area contributed by atoms with E-state index in [0.29, 0.717) is 33.5 Å². The molecule has 1 amide bonds. The normalized spacial score (nSPS) is 14.1. The predicted molar refractivity (Wildman–Crippen MR) is 151 cm³/mol. The minimum absolute atomic E-state index is 0.0205. The first-order valence-corrected chi connectivity index (χ1v) is 13.5. The van der Waals surface area contributed by atoms with Crippen LogP contribution < -0.4 is 5.32 Å². The molecule has 41 heavy (non-hydrogen) atoms. The van der Waals surface area contributed by atoms with Crippen LogP contribution in [0.15, 0.2) is 61.2 Å². The molecule has 1 aromatic carbocycles. The summed E-state index contributed by atoms with van der Waals surface area (Å²) in [6, 6.07) is 9.77. The van der Waals surface area contributed by atoms with Gasteiger partial charge in [-0.2, -0.15) is 5.10 Å². The smallest absolute Gasteiger partial charge is 0.227 e. The Morgan fingerprint density at radius 2 is 1.78 bits per heavy atom. The third kappa shape index (κ3) is 4.48. The number of carbonyl (C=O) groups excluding carboxylic acids is 1. The first-order valence-electron chi connectivity index (χ1n) is 13.5. The fraction of sp³-hybridized carbons (Fsp3) is 0.200. The first kappa shape index (κ1) is 24.9. The summed E-state index contributed by atoms with van der Waals surface area (Å²) in [5.41, 5.74) is 3.36. The summed E-state index contributed by atoms with van der Waals surface area (Å²) < 4.78 is 30.7. The van der Waals surface area contributed by atoms with Gasteiger partial charge in [0.2, 0.25) is 5.91 Å². The lowest BCUT2D eigenvalue weighted by atomic mass is 9.88. The minimum Gasteiger partial charge on any atom is -0.324 e. The van der Waals surface area contributed by atoms with Crippen LogP contribution in [0.3, 0.4) is 0 Å². The number of halogens is 2. The molecular weight excluding hydrogens is 526 g/mol. The fourth-order valence-electron chi connectivity index (χ4n) is 5.51. The van der Waals surface area contributed by atoms with Gasteiger partial charge in [-0.3, -0.25) is 14.9 Å². The first-order chi connectivity index (χ1) is 20.1. The molecule has 5 aromatic heterocycles. The highest BCUT2D eigenvalue weighted by Gasteiger charge is 2.23. The molecule has 0 aliphatic heterocycles. The lowest BCUT2D eigenvalue weighted by Crippen LogP contribution is -2.24. The van der Waals surface area contributed by atoms with Gasteiger partial charge in [0, 0.05) is 46.8 Å². The highest BCUT2D eigenvalue weighted by molar-refractivity contribution is 5.97. The maximum absolute atomic E-state index is 16.2. The number of anilines is 1. The Labute approximate surface area is 232 Å². The van der Waals surface area contributed by atoms with Crippen molar-refractivity contribution < 1.29 is 13.6 Å². The molecule has 0 bridgehead atoms. The van der Waals surface area contributed by atoms with Crippen LogP contribution in [0.25, 0.3) is 56.0 Å². The van der Waals surface area contributed by atoms with E-state index in [-0.39, 0.29) is 45.8 Å². The number of rotatable bonds is 5. The van der Waals surface area contributed by atoms with Crippen LogP contribution in [0.1, 0.15) is 32.1 Å². The second kappa shape index (κ2) is 10.2. The third-order valence-electron chi connectivity index (χ3n) is 7.59. The summed E-state index contributed by atoms with van der Waals surface area (Å²) in [5, 5.41) is 10.1. The Hall–Kier alpha value is -5.06. The summed E-state index contributed by atoms with van der Waals surface area (Å²) in [5.74, 6) is -0.762. The molecule has 0 spiro atoms. The number of nitrogens with one attached hydrogen (secondary N) is 3. The molecule has 1 fully saturated rings. The number of fused-ring (bicyclic) bond motifs is 2. The highest BCUT2D eigenvalue weighted by Crippen LogP contribution is 2.35. The zero-order valence-corrected chi connectivity index (χ0v) is 21.8. The number of pyridine rings is 3. The van der Waals surface area contributed by atoms with Crippen molar-refractivity contribution in [2.75, 3.05) is 5.32 Å². The van der Waals surface area contributed by atoms with Crippen molar-refractivity contribution in [2.24, 2.45) is 5.92 Å². The molecule has 0 saturated heterocycles. The second-order valence-corrected chi connectivity index (χ2v) is 10.2. The monoisotopic (exact) mass is 550 g/mol. The summed E-state index contributed by atoms with van der Waals surface area (Å²) in [6.45, 7) is 0. The van der Waals surface area contributed by atoms with Crippen LogP contribution >= 0.6 is 0 Å². The number of imidazole rings is 1. The average Bonchev–Trinajstić information content (AvgIpc) is 3.63. The number of H-pyrrole nitrogens is 2. The fourth-order valence-corrected chi connectivity index (χ4v) is 5.51. The lowest BCUT2D eigenvalue weighted by molar-refractivity contribution is -0.120. The van der Waals surface area contributed by atoms with Gasteiger partial charge in [-0.05, 0) is 31.0 Å². The molecule has 7 rings (SSSR count). The zero-order chi connectivity index (χ0) is 27.9. The van der Waals surface area contributed by atoms with E-state index in [9.17, 15) is 9.18 Å². The van der Waals surface area contributed by atoms with Crippen molar-refractivity contribution in [1.82, 2.24) is 35.1 Å². The van der Waals surface area contributed by atoms with Crippen LogP contribution in [0.5, 0.6) is 0 Å². The van der Waals surface area contributed by atoms with Gasteiger partial charge < -0.3 is 10.3 Å². The van der Waals surface area contributed by atoms with Gasteiger partial charge >= 0.3 is 0 Å². The molecule has 1 aliphatic carbocycles. The number of aromatic amines is 2. The number of amides is 1. The second-order valence-electron chi connectivity index (χ2n) is 10.2. The Balaban J connectivity index is 1.27. The maximum Gasteiger partial charge on any atom is 0.227 e. The molecule has 1 saturated carbocycles. The number of aromatic nitrogens is 7. The van der Waals surface area contributed by atoms with Gasteiger partial charge in [0.05, 0.1) is 17.3 Å².